The maximum absolute atomic E-state index is 4.67. The molecule has 0 spiro atoms. The molecule has 22 heavy (non-hydrogen) atoms. The number of rotatable bonds is 7. The first-order chi connectivity index (χ1) is 10.8. The normalized spacial score (nSPS) is 11.6. The van der Waals surface area contributed by atoms with Gasteiger partial charge in [-0.05, 0) is 31.9 Å². The molecule has 0 aliphatic rings. The molecule has 0 radical (unpaired) electrons. The van der Waals surface area contributed by atoms with Crippen molar-refractivity contribution in [1.29, 1.82) is 0 Å². The Balaban J connectivity index is 2.07. The fourth-order valence-electron chi connectivity index (χ4n) is 2.19. The van der Waals surface area contributed by atoms with E-state index in [4.69, 9.17) is 0 Å². The van der Waals surface area contributed by atoms with Crippen molar-refractivity contribution in [2.75, 3.05) is 20.1 Å². The molecule has 2 rings (SSSR count). The van der Waals surface area contributed by atoms with Crippen molar-refractivity contribution in [3.05, 3.63) is 42.9 Å². The van der Waals surface area contributed by atoms with Crippen LogP contribution in [0.2, 0.25) is 0 Å². The highest BCUT2D eigenvalue weighted by Gasteiger charge is 2.07. The van der Waals surface area contributed by atoms with Gasteiger partial charge < -0.3 is 10.2 Å². The predicted octanol–water partition coefficient (Wildman–Crippen LogP) is 2.09. The molecule has 6 nitrogen and oxygen atoms in total. The van der Waals surface area contributed by atoms with Crippen molar-refractivity contribution in [3.63, 3.8) is 0 Å². The summed E-state index contributed by atoms with van der Waals surface area (Å²) in [6, 6.07) is 5.86. The van der Waals surface area contributed by atoms with E-state index in [1.165, 1.54) is 0 Å². The second kappa shape index (κ2) is 8.17. The number of hydrogen-bond acceptors (Lipinski definition) is 3. The molecule has 0 saturated heterocycles. The van der Waals surface area contributed by atoms with Gasteiger partial charge in [-0.3, -0.25) is 4.40 Å². The van der Waals surface area contributed by atoms with E-state index in [-0.39, 0.29) is 0 Å². The minimum Gasteiger partial charge on any atom is -0.357 e. The van der Waals surface area contributed by atoms with E-state index in [9.17, 15) is 0 Å². The van der Waals surface area contributed by atoms with Crippen molar-refractivity contribution in [2.45, 2.75) is 26.3 Å². The Morgan fingerprint density at radius 1 is 1.45 bits per heavy atom. The van der Waals surface area contributed by atoms with E-state index in [0.717, 1.165) is 43.4 Å². The standard InChI is InChI=1S/C16H24N6/c1-4-6-8-11-21(3)16(17-5-2)18-13-15-20-19-14-10-7-9-12-22(14)15/h4,7,9-10,12H,1,5-6,8,11,13H2,2-3H3,(H,17,18). The van der Waals surface area contributed by atoms with E-state index in [0.29, 0.717) is 6.54 Å². The van der Waals surface area contributed by atoms with Gasteiger partial charge in [-0.1, -0.05) is 12.1 Å². The lowest BCUT2D eigenvalue weighted by Gasteiger charge is -2.21. The highest BCUT2D eigenvalue weighted by molar-refractivity contribution is 5.79. The molecule has 0 unspecified atom stereocenters. The Hall–Kier alpha value is -2.37. The number of allylic oxidation sites excluding steroid dienone is 1. The quantitative estimate of drug-likeness (QED) is 0.368. The number of nitrogens with zero attached hydrogens (tertiary/aromatic N) is 5. The average Bonchev–Trinajstić information content (AvgIpc) is 2.95. The molecule has 0 aliphatic heterocycles. The van der Waals surface area contributed by atoms with Crippen LogP contribution >= 0.6 is 0 Å². The zero-order chi connectivity index (χ0) is 15.8. The van der Waals surface area contributed by atoms with Crippen molar-refractivity contribution in [3.8, 4) is 0 Å². The molecular weight excluding hydrogens is 276 g/mol. The maximum Gasteiger partial charge on any atom is 0.194 e. The smallest absolute Gasteiger partial charge is 0.194 e. The summed E-state index contributed by atoms with van der Waals surface area (Å²) in [7, 11) is 2.05. The van der Waals surface area contributed by atoms with Crippen LogP contribution in [-0.4, -0.2) is 45.6 Å². The molecule has 6 heteroatoms. The Morgan fingerprint density at radius 2 is 2.32 bits per heavy atom. The molecule has 0 amide bonds. The lowest BCUT2D eigenvalue weighted by Crippen LogP contribution is -2.39. The van der Waals surface area contributed by atoms with Crippen molar-refractivity contribution in [2.24, 2.45) is 4.99 Å². The molecule has 2 aromatic rings. The average molecular weight is 300 g/mol. The zero-order valence-corrected chi connectivity index (χ0v) is 13.4. The zero-order valence-electron chi connectivity index (χ0n) is 13.4. The highest BCUT2D eigenvalue weighted by atomic mass is 15.3. The molecule has 0 fully saturated rings. The SMILES string of the molecule is C=CCCCN(C)C(=NCc1nnc2ccccn12)NCC. The molecule has 0 bridgehead atoms. The number of aliphatic imine (C=N–C) groups is 1. The molecule has 2 aromatic heterocycles. The second-order valence-electron chi connectivity index (χ2n) is 5.07. The molecule has 0 aliphatic carbocycles. The van der Waals surface area contributed by atoms with Crippen molar-refractivity contribution >= 4 is 11.6 Å². The van der Waals surface area contributed by atoms with E-state index >= 15 is 0 Å². The van der Waals surface area contributed by atoms with Gasteiger partial charge in [0.05, 0.1) is 0 Å². The minimum absolute atomic E-state index is 0.499. The number of aromatic nitrogens is 3. The number of hydrogen-bond donors (Lipinski definition) is 1. The molecule has 2 heterocycles. The van der Waals surface area contributed by atoms with Gasteiger partial charge in [-0.15, -0.1) is 16.8 Å². The highest BCUT2D eigenvalue weighted by Crippen LogP contribution is 2.04. The summed E-state index contributed by atoms with van der Waals surface area (Å²) in [5.74, 6) is 1.73. The monoisotopic (exact) mass is 300 g/mol. The Morgan fingerprint density at radius 3 is 3.09 bits per heavy atom. The number of nitrogens with one attached hydrogen (secondary N) is 1. The molecule has 118 valence electrons. The summed E-state index contributed by atoms with van der Waals surface area (Å²) in [5, 5.41) is 11.7. The van der Waals surface area contributed by atoms with E-state index in [1.54, 1.807) is 0 Å². The third-order valence-electron chi connectivity index (χ3n) is 3.35. The maximum atomic E-state index is 4.67. The lowest BCUT2D eigenvalue weighted by atomic mass is 10.3. The fraction of sp³-hybridized carbons (Fsp3) is 0.438. The minimum atomic E-state index is 0.499. The fourth-order valence-corrected chi connectivity index (χ4v) is 2.19. The largest absolute Gasteiger partial charge is 0.357 e. The third kappa shape index (κ3) is 4.07. The Kier molecular flexibility index (Phi) is 5.94. The molecule has 0 atom stereocenters. The Bertz CT molecular complexity index is 630. The first-order valence-corrected chi connectivity index (χ1v) is 7.65. The second-order valence-corrected chi connectivity index (χ2v) is 5.07. The number of pyridine rings is 1. The van der Waals surface area contributed by atoms with Gasteiger partial charge in [0.15, 0.2) is 17.4 Å². The van der Waals surface area contributed by atoms with Crippen LogP contribution in [0.25, 0.3) is 5.65 Å². The number of guanidine groups is 1. The van der Waals surface area contributed by atoms with Crippen molar-refractivity contribution in [1.82, 2.24) is 24.8 Å². The first kappa shape index (κ1) is 16.0. The van der Waals surface area contributed by atoms with Crippen LogP contribution in [0.4, 0.5) is 0 Å². The van der Waals surface area contributed by atoms with Crippen LogP contribution in [0.5, 0.6) is 0 Å². The van der Waals surface area contributed by atoms with Gasteiger partial charge in [-0.2, -0.15) is 0 Å². The van der Waals surface area contributed by atoms with Gasteiger partial charge in [-0.25, -0.2) is 4.99 Å². The topological polar surface area (TPSA) is 57.8 Å². The van der Waals surface area contributed by atoms with Crippen LogP contribution < -0.4 is 5.32 Å². The summed E-state index contributed by atoms with van der Waals surface area (Å²) in [5.41, 5.74) is 0.844. The van der Waals surface area contributed by atoms with E-state index < -0.39 is 0 Å². The summed E-state index contributed by atoms with van der Waals surface area (Å²) in [4.78, 5) is 6.80. The molecule has 0 saturated carbocycles. The van der Waals surface area contributed by atoms with E-state index in [2.05, 4.69) is 38.9 Å². The first-order valence-electron chi connectivity index (χ1n) is 7.65. The van der Waals surface area contributed by atoms with Crippen molar-refractivity contribution < 1.29 is 0 Å². The van der Waals surface area contributed by atoms with Crippen LogP contribution in [0.15, 0.2) is 42.0 Å². The van der Waals surface area contributed by atoms with E-state index in [1.807, 2.05) is 41.9 Å². The summed E-state index contributed by atoms with van der Waals surface area (Å²) in [6.45, 7) is 8.11. The summed E-state index contributed by atoms with van der Waals surface area (Å²) >= 11 is 0. The van der Waals surface area contributed by atoms with Crippen LogP contribution in [0, 0.1) is 0 Å². The van der Waals surface area contributed by atoms with Gasteiger partial charge in [0.1, 0.15) is 6.54 Å². The van der Waals surface area contributed by atoms with Gasteiger partial charge in [0.25, 0.3) is 0 Å². The van der Waals surface area contributed by atoms with Gasteiger partial charge in [0.2, 0.25) is 0 Å². The van der Waals surface area contributed by atoms with Crippen LogP contribution in [0.1, 0.15) is 25.6 Å². The lowest BCUT2D eigenvalue weighted by molar-refractivity contribution is 0.469. The number of unbranched alkanes of at least 4 members (excludes halogenated alkanes) is 1. The summed E-state index contributed by atoms with van der Waals surface area (Å²) in [6.07, 6.45) is 5.98. The van der Waals surface area contributed by atoms with Crippen LogP contribution in [-0.2, 0) is 6.54 Å². The third-order valence-corrected chi connectivity index (χ3v) is 3.35. The van der Waals surface area contributed by atoms with Gasteiger partial charge in [0, 0.05) is 26.3 Å². The molecule has 0 aromatic carbocycles. The number of fused-ring (bicyclic) bond motifs is 1. The van der Waals surface area contributed by atoms with Crippen LogP contribution in [0.3, 0.4) is 0 Å². The Labute approximate surface area is 131 Å². The summed E-state index contributed by atoms with van der Waals surface area (Å²) < 4.78 is 1.96. The van der Waals surface area contributed by atoms with Gasteiger partial charge >= 0.3 is 0 Å². The predicted molar refractivity (Wildman–Crippen MR) is 89.9 cm³/mol. The molecule has 1 N–H and O–H groups in total. The molecular formula is C16H24N6.